The highest BCUT2D eigenvalue weighted by Gasteiger charge is 2.40. The van der Waals surface area contributed by atoms with Crippen molar-refractivity contribution in [3.8, 4) is 17.2 Å². The zero-order chi connectivity index (χ0) is 13.7. The number of cyclic esters (lactones) is 1. The Morgan fingerprint density at radius 3 is 2.39 bits per heavy atom. The fraction of sp³-hybridized carbons (Fsp3) is 0.364. The third-order valence-corrected chi connectivity index (χ3v) is 3.19. The smallest absolute Gasteiger partial charge is 0.349 e. The molecule has 7 heteroatoms. The first kappa shape index (κ1) is 13.1. The summed E-state index contributed by atoms with van der Waals surface area (Å²) in [6.45, 7) is 3.06. The van der Waals surface area contributed by atoms with Gasteiger partial charge >= 0.3 is 5.97 Å². The summed E-state index contributed by atoms with van der Waals surface area (Å²) >= 11 is 11.7. The van der Waals surface area contributed by atoms with Crippen LogP contribution in [0.4, 0.5) is 0 Å². The first-order chi connectivity index (χ1) is 8.28. The second-order valence-electron chi connectivity index (χ2n) is 4.11. The van der Waals surface area contributed by atoms with Gasteiger partial charge in [0.1, 0.15) is 15.6 Å². The molecule has 1 aromatic rings. The molecule has 1 aliphatic heterocycles. The molecule has 0 spiro atoms. The number of esters is 1. The Hall–Kier alpha value is -1.33. The maximum Gasteiger partial charge on any atom is 0.349 e. The lowest BCUT2D eigenvalue weighted by molar-refractivity contribution is -0.128. The molecule has 0 saturated heterocycles. The number of ether oxygens (including phenoxy) is 3. The minimum absolute atomic E-state index is 0.00923. The molecule has 1 aromatic carbocycles. The van der Waals surface area contributed by atoms with Crippen LogP contribution in [0.15, 0.2) is 0 Å². The van der Waals surface area contributed by atoms with Crippen molar-refractivity contribution in [1.82, 2.24) is 0 Å². The number of fused-ring (bicyclic) bond motifs is 1. The molecule has 0 fully saturated rings. The van der Waals surface area contributed by atoms with Crippen LogP contribution in [0, 0.1) is 0 Å². The molecule has 0 aromatic heterocycles. The van der Waals surface area contributed by atoms with E-state index in [2.05, 4.69) is 0 Å². The number of phenols is 1. The lowest BCUT2D eigenvalue weighted by Crippen LogP contribution is -2.39. The van der Waals surface area contributed by atoms with E-state index >= 15 is 0 Å². The molecule has 0 atom stereocenters. The summed E-state index contributed by atoms with van der Waals surface area (Å²) in [4.78, 5) is 11.9. The van der Waals surface area contributed by atoms with E-state index in [1.54, 1.807) is 0 Å². The van der Waals surface area contributed by atoms with Gasteiger partial charge in [-0.3, -0.25) is 0 Å². The molecule has 1 aliphatic rings. The minimum atomic E-state index is -1.20. The van der Waals surface area contributed by atoms with Crippen molar-refractivity contribution in [2.45, 2.75) is 19.6 Å². The number of phenolic OH excluding ortho intramolecular Hbond substituents is 1. The van der Waals surface area contributed by atoms with Gasteiger partial charge < -0.3 is 19.3 Å². The summed E-state index contributed by atoms with van der Waals surface area (Å²) in [5, 5.41) is 9.68. The molecule has 0 saturated carbocycles. The largest absolute Gasteiger partial charge is 0.503 e. The van der Waals surface area contributed by atoms with Crippen LogP contribution in [0.1, 0.15) is 24.2 Å². The standard InChI is InChI=1S/C11H10Cl2O5/c1-11(2)17-9-4(10(15)18-11)8(16-3)6(13)5(12)7(9)14/h14H,1-3H3. The van der Waals surface area contributed by atoms with E-state index in [0.717, 1.165) is 0 Å². The van der Waals surface area contributed by atoms with Crippen molar-refractivity contribution in [3.63, 3.8) is 0 Å². The topological polar surface area (TPSA) is 65.0 Å². The molecule has 0 unspecified atom stereocenters. The van der Waals surface area contributed by atoms with Crippen molar-refractivity contribution >= 4 is 29.2 Å². The molecule has 2 rings (SSSR count). The van der Waals surface area contributed by atoms with Crippen molar-refractivity contribution in [2.24, 2.45) is 0 Å². The maximum atomic E-state index is 11.9. The van der Waals surface area contributed by atoms with Gasteiger partial charge in [-0.2, -0.15) is 0 Å². The Kier molecular flexibility index (Phi) is 2.99. The number of methoxy groups -OCH3 is 1. The molecule has 0 bridgehead atoms. The van der Waals surface area contributed by atoms with Gasteiger partial charge in [-0.05, 0) is 0 Å². The highest BCUT2D eigenvalue weighted by atomic mass is 35.5. The van der Waals surface area contributed by atoms with Crippen LogP contribution in [0.2, 0.25) is 10.0 Å². The van der Waals surface area contributed by atoms with Gasteiger partial charge in [0.2, 0.25) is 5.79 Å². The molecular weight excluding hydrogens is 283 g/mol. The molecule has 0 aliphatic carbocycles. The minimum Gasteiger partial charge on any atom is -0.503 e. The normalized spacial score (nSPS) is 16.6. The van der Waals surface area contributed by atoms with E-state index in [1.807, 2.05) is 0 Å². The number of benzene rings is 1. The highest BCUT2D eigenvalue weighted by Crippen LogP contribution is 2.51. The second-order valence-corrected chi connectivity index (χ2v) is 4.86. The van der Waals surface area contributed by atoms with Gasteiger partial charge in [-0.15, -0.1) is 0 Å². The molecule has 18 heavy (non-hydrogen) atoms. The molecule has 98 valence electrons. The van der Waals surface area contributed by atoms with E-state index in [9.17, 15) is 9.90 Å². The first-order valence-corrected chi connectivity index (χ1v) is 5.74. The second kappa shape index (κ2) is 4.10. The molecular formula is C11H10Cl2O5. The van der Waals surface area contributed by atoms with Crippen molar-refractivity contribution in [2.75, 3.05) is 7.11 Å². The van der Waals surface area contributed by atoms with E-state index in [-0.39, 0.29) is 27.1 Å². The fourth-order valence-electron chi connectivity index (χ4n) is 1.65. The number of hydrogen-bond acceptors (Lipinski definition) is 5. The predicted molar refractivity (Wildman–Crippen MR) is 64.8 cm³/mol. The van der Waals surface area contributed by atoms with Crippen molar-refractivity contribution < 1.29 is 24.1 Å². The molecule has 5 nitrogen and oxygen atoms in total. The van der Waals surface area contributed by atoms with Gasteiger partial charge in [0.05, 0.1) is 7.11 Å². The van der Waals surface area contributed by atoms with E-state index in [1.165, 1.54) is 21.0 Å². The van der Waals surface area contributed by atoms with E-state index < -0.39 is 17.5 Å². The molecule has 1 N–H and O–H groups in total. The summed E-state index contributed by atoms with van der Waals surface area (Å²) in [6, 6.07) is 0. The van der Waals surface area contributed by atoms with Crippen molar-refractivity contribution in [1.29, 1.82) is 0 Å². The number of hydrogen-bond donors (Lipinski definition) is 1. The Labute approximate surface area is 113 Å². The molecule has 1 heterocycles. The summed E-state index contributed by atoms with van der Waals surface area (Å²) in [5.74, 6) is -2.41. The van der Waals surface area contributed by atoms with Crippen LogP contribution in [0.25, 0.3) is 0 Å². The molecule has 0 radical (unpaired) electrons. The van der Waals surface area contributed by atoms with Crippen LogP contribution in [0.5, 0.6) is 17.2 Å². The fourth-order valence-corrected chi connectivity index (χ4v) is 2.08. The zero-order valence-electron chi connectivity index (χ0n) is 9.84. The highest BCUT2D eigenvalue weighted by molar-refractivity contribution is 6.44. The van der Waals surface area contributed by atoms with Gasteiger partial charge in [0.25, 0.3) is 0 Å². The number of rotatable bonds is 1. The van der Waals surface area contributed by atoms with E-state index in [4.69, 9.17) is 37.4 Å². The SMILES string of the molecule is COc1c(Cl)c(Cl)c(O)c2c1C(=O)OC(C)(C)O2. The van der Waals surface area contributed by atoms with Crippen LogP contribution in [-0.2, 0) is 4.74 Å². The van der Waals surface area contributed by atoms with E-state index in [0.29, 0.717) is 0 Å². The number of halogens is 2. The van der Waals surface area contributed by atoms with Gasteiger partial charge in [0.15, 0.2) is 17.2 Å². The quantitative estimate of drug-likeness (QED) is 0.806. The number of aromatic hydroxyl groups is 1. The van der Waals surface area contributed by atoms with Crippen molar-refractivity contribution in [3.05, 3.63) is 15.6 Å². The monoisotopic (exact) mass is 292 g/mol. The Morgan fingerprint density at radius 1 is 1.22 bits per heavy atom. The molecule has 0 amide bonds. The lowest BCUT2D eigenvalue weighted by atomic mass is 10.1. The van der Waals surface area contributed by atoms with Crippen LogP contribution in [-0.4, -0.2) is 24.0 Å². The van der Waals surface area contributed by atoms with Gasteiger partial charge in [-0.25, -0.2) is 4.79 Å². The zero-order valence-corrected chi connectivity index (χ0v) is 11.3. The number of carbonyl (C=O) groups excluding carboxylic acids is 1. The average Bonchev–Trinajstić information content (AvgIpc) is 2.27. The number of carbonyl (C=O) groups is 1. The Morgan fingerprint density at radius 2 is 1.83 bits per heavy atom. The maximum absolute atomic E-state index is 11.9. The third-order valence-electron chi connectivity index (χ3n) is 2.36. The third kappa shape index (κ3) is 1.83. The van der Waals surface area contributed by atoms with Crippen LogP contribution >= 0.6 is 23.2 Å². The Bertz CT molecular complexity index is 539. The summed E-state index contributed by atoms with van der Waals surface area (Å²) in [5.41, 5.74) is -0.0799. The Balaban J connectivity index is 2.78. The predicted octanol–water partition coefficient (Wildman–Crippen LogP) is 2.99. The lowest BCUT2D eigenvalue weighted by Gasteiger charge is -2.33. The summed E-state index contributed by atoms with van der Waals surface area (Å²) in [6.07, 6.45) is 0. The van der Waals surface area contributed by atoms with Gasteiger partial charge in [0, 0.05) is 13.8 Å². The average molecular weight is 293 g/mol. The van der Waals surface area contributed by atoms with Gasteiger partial charge in [-0.1, -0.05) is 23.2 Å². The summed E-state index contributed by atoms with van der Waals surface area (Å²) in [7, 11) is 1.32. The van der Waals surface area contributed by atoms with Crippen LogP contribution < -0.4 is 9.47 Å². The first-order valence-electron chi connectivity index (χ1n) is 4.98. The summed E-state index contributed by atoms with van der Waals surface area (Å²) < 4.78 is 15.4. The van der Waals surface area contributed by atoms with Crippen LogP contribution in [0.3, 0.4) is 0 Å².